The molecule has 1 aliphatic rings. The topological polar surface area (TPSA) is 37.8 Å². The Kier molecular flexibility index (Phi) is 2.72. The van der Waals surface area contributed by atoms with E-state index < -0.39 is 0 Å². The molecule has 0 unspecified atom stereocenters. The second-order valence-electron chi connectivity index (χ2n) is 4.86. The summed E-state index contributed by atoms with van der Waals surface area (Å²) in [5.74, 6) is 0. The molecule has 1 N–H and O–H groups in total. The van der Waals surface area contributed by atoms with Gasteiger partial charge in [-0.1, -0.05) is 18.3 Å². The lowest BCUT2D eigenvalue weighted by molar-refractivity contribution is 0.232. The van der Waals surface area contributed by atoms with E-state index in [-0.39, 0.29) is 0 Å². The summed E-state index contributed by atoms with van der Waals surface area (Å²) in [4.78, 5) is 0. The van der Waals surface area contributed by atoms with Crippen molar-refractivity contribution in [3.8, 4) is 0 Å². The van der Waals surface area contributed by atoms with Gasteiger partial charge in [0.15, 0.2) is 0 Å². The van der Waals surface area contributed by atoms with Crippen LogP contribution in [0, 0.1) is 5.41 Å². The van der Waals surface area contributed by atoms with Gasteiger partial charge in [0, 0.05) is 17.6 Å². The van der Waals surface area contributed by atoms with Crippen molar-refractivity contribution >= 4 is 16.5 Å². The Balaban J connectivity index is 1.85. The molecule has 0 spiro atoms. The highest BCUT2D eigenvalue weighted by Crippen LogP contribution is 2.36. The maximum Gasteiger partial charge on any atom is 0.130 e. The molecule has 0 saturated heterocycles. The summed E-state index contributed by atoms with van der Waals surface area (Å²) >= 11 is 1.44. The van der Waals surface area contributed by atoms with Crippen molar-refractivity contribution in [3.05, 3.63) is 6.20 Å². The molecule has 3 nitrogen and oxygen atoms in total. The summed E-state index contributed by atoms with van der Waals surface area (Å²) < 4.78 is 3.85. The Labute approximate surface area is 89.1 Å². The van der Waals surface area contributed by atoms with E-state index in [1.54, 1.807) is 0 Å². The highest BCUT2D eigenvalue weighted by molar-refractivity contribution is 7.09. The Morgan fingerprint density at radius 2 is 2.14 bits per heavy atom. The van der Waals surface area contributed by atoms with Gasteiger partial charge in [-0.15, -0.1) is 5.10 Å². The predicted molar refractivity (Wildman–Crippen MR) is 59.6 cm³/mol. The second kappa shape index (κ2) is 3.85. The van der Waals surface area contributed by atoms with Crippen molar-refractivity contribution < 1.29 is 0 Å². The smallest absolute Gasteiger partial charge is 0.130 e. The molecule has 1 aliphatic carbocycles. The van der Waals surface area contributed by atoms with Gasteiger partial charge >= 0.3 is 0 Å². The number of nitrogens with one attached hydrogen (secondary N) is 1. The average molecular weight is 211 g/mol. The molecule has 0 bridgehead atoms. The van der Waals surface area contributed by atoms with E-state index in [2.05, 4.69) is 28.8 Å². The summed E-state index contributed by atoms with van der Waals surface area (Å²) in [5.41, 5.74) is 0.546. The Bertz CT molecular complexity index is 272. The summed E-state index contributed by atoms with van der Waals surface area (Å²) in [5, 5.41) is 8.42. The van der Waals surface area contributed by atoms with Crippen LogP contribution in [0.4, 0.5) is 5.00 Å². The van der Waals surface area contributed by atoms with E-state index in [1.807, 2.05) is 6.20 Å². The minimum atomic E-state index is 0.546. The van der Waals surface area contributed by atoms with Crippen molar-refractivity contribution in [2.24, 2.45) is 5.41 Å². The fraction of sp³-hybridized carbons (Fsp3) is 0.800. The highest BCUT2D eigenvalue weighted by atomic mass is 32.1. The van der Waals surface area contributed by atoms with Gasteiger partial charge in [-0.2, -0.15) is 0 Å². The van der Waals surface area contributed by atoms with Crippen LogP contribution in [0.3, 0.4) is 0 Å². The molecular weight excluding hydrogens is 194 g/mol. The van der Waals surface area contributed by atoms with Gasteiger partial charge in [-0.25, -0.2) is 0 Å². The third-order valence-corrected chi connectivity index (χ3v) is 3.64. The minimum absolute atomic E-state index is 0.546. The van der Waals surface area contributed by atoms with E-state index in [1.165, 1.54) is 37.2 Å². The zero-order chi connectivity index (χ0) is 10.0. The Hall–Kier alpha value is -0.640. The second-order valence-corrected chi connectivity index (χ2v) is 5.65. The van der Waals surface area contributed by atoms with Gasteiger partial charge in [-0.3, -0.25) is 0 Å². The molecule has 1 saturated carbocycles. The molecule has 0 amide bonds. The normalized spacial score (nSPS) is 22.1. The third-order valence-electron chi connectivity index (χ3n) is 3.05. The SMILES string of the molecule is CC1(C)CCC(Nc2cnns2)CC1. The van der Waals surface area contributed by atoms with Gasteiger partial charge in [0.25, 0.3) is 0 Å². The molecule has 1 aromatic heterocycles. The zero-order valence-electron chi connectivity index (χ0n) is 8.79. The lowest BCUT2D eigenvalue weighted by atomic mass is 9.76. The number of anilines is 1. The van der Waals surface area contributed by atoms with Gasteiger partial charge in [-0.05, 0) is 31.1 Å². The van der Waals surface area contributed by atoms with E-state index in [4.69, 9.17) is 0 Å². The molecule has 1 fully saturated rings. The van der Waals surface area contributed by atoms with E-state index >= 15 is 0 Å². The fourth-order valence-electron chi connectivity index (χ4n) is 1.98. The summed E-state index contributed by atoms with van der Waals surface area (Å²) in [6, 6.07) is 0.630. The van der Waals surface area contributed by atoms with Crippen LogP contribution in [0.1, 0.15) is 39.5 Å². The van der Waals surface area contributed by atoms with Crippen molar-refractivity contribution in [1.29, 1.82) is 0 Å². The molecule has 0 radical (unpaired) electrons. The van der Waals surface area contributed by atoms with Crippen LogP contribution in [0.5, 0.6) is 0 Å². The van der Waals surface area contributed by atoms with Crippen molar-refractivity contribution in [2.75, 3.05) is 5.32 Å². The molecule has 0 atom stereocenters. The lowest BCUT2D eigenvalue weighted by Crippen LogP contribution is -2.29. The van der Waals surface area contributed by atoms with Gasteiger partial charge < -0.3 is 5.32 Å². The molecule has 1 aromatic rings. The van der Waals surface area contributed by atoms with E-state index in [0.29, 0.717) is 11.5 Å². The number of aromatic nitrogens is 2. The average Bonchev–Trinajstić information content (AvgIpc) is 2.61. The van der Waals surface area contributed by atoms with Crippen LogP contribution in [0.2, 0.25) is 0 Å². The van der Waals surface area contributed by atoms with Crippen molar-refractivity contribution in [2.45, 2.75) is 45.6 Å². The van der Waals surface area contributed by atoms with Gasteiger partial charge in [0.05, 0.1) is 6.20 Å². The molecule has 0 aromatic carbocycles. The molecule has 4 heteroatoms. The van der Waals surface area contributed by atoms with Gasteiger partial charge in [0.1, 0.15) is 5.00 Å². The fourth-order valence-corrected chi connectivity index (χ4v) is 2.47. The maximum atomic E-state index is 3.85. The van der Waals surface area contributed by atoms with E-state index in [0.717, 1.165) is 5.00 Å². The third kappa shape index (κ3) is 2.44. The first kappa shape index (κ1) is 9.90. The summed E-state index contributed by atoms with van der Waals surface area (Å²) in [6.07, 6.45) is 6.98. The van der Waals surface area contributed by atoms with Crippen LogP contribution in [0.25, 0.3) is 0 Å². The standard InChI is InChI=1S/C10H17N3S/c1-10(2)5-3-8(4-6-10)12-9-7-11-13-14-9/h7-8,12H,3-6H2,1-2H3. The lowest BCUT2D eigenvalue weighted by Gasteiger charge is -2.34. The first-order valence-electron chi connectivity index (χ1n) is 5.20. The number of hydrogen-bond acceptors (Lipinski definition) is 4. The molecular formula is C10H17N3S. The molecule has 1 heterocycles. The Morgan fingerprint density at radius 3 is 2.71 bits per heavy atom. The Morgan fingerprint density at radius 1 is 1.43 bits per heavy atom. The minimum Gasteiger partial charge on any atom is -0.372 e. The van der Waals surface area contributed by atoms with Crippen LogP contribution in [0.15, 0.2) is 6.20 Å². The number of hydrogen-bond donors (Lipinski definition) is 1. The first-order chi connectivity index (χ1) is 6.66. The highest BCUT2D eigenvalue weighted by Gasteiger charge is 2.26. The number of rotatable bonds is 2. The quantitative estimate of drug-likeness (QED) is 0.817. The monoisotopic (exact) mass is 211 g/mol. The summed E-state index contributed by atoms with van der Waals surface area (Å²) in [6.45, 7) is 4.72. The summed E-state index contributed by atoms with van der Waals surface area (Å²) in [7, 11) is 0. The van der Waals surface area contributed by atoms with Crippen LogP contribution in [-0.2, 0) is 0 Å². The maximum absolute atomic E-state index is 3.85. The predicted octanol–water partition coefficient (Wildman–Crippen LogP) is 2.92. The van der Waals surface area contributed by atoms with Crippen LogP contribution in [-0.4, -0.2) is 15.6 Å². The largest absolute Gasteiger partial charge is 0.372 e. The zero-order valence-corrected chi connectivity index (χ0v) is 9.60. The number of nitrogens with zero attached hydrogens (tertiary/aromatic N) is 2. The molecule has 0 aliphatic heterocycles. The van der Waals surface area contributed by atoms with Crippen molar-refractivity contribution in [1.82, 2.24) is 9.59 Å². The molecule has 14 heavy (non-hydrogen) atoms. The van der Waals surface area contributed by atoms with Crippen LogP contribution < -0.4 is 5.32 Å². The van der Waals surface area contributed by atoms with E-state index in [9.17, 15) is 0 Å². The first-order valence-corrected chi connectivity index (χ1v) is 5.97. The van der Waals surface area contributed by atoms with Crippen molar-refractivity contribution in [3.63, 3.8) is 0 Å². The molecule has 78 valence electrons. The molecule has 2 rings (SSSR count). The van der Waals surface area contributed by atoms with Gasteiger partial charge in [0.2, 0.25) is 0 Å². The van der Waals surface area contributed by atoms with Crippen LogP contribution >= 0.6 is 11.5 Å².